The fourth-order valence-electron chi connectivity index (χ4n) is 1.54. The number of hydrogen-bond donors (Lipinski definition) is 3. The van der Waals surface area contributed by atoms with Gasteiger partial charge in [-0.15, -0.1) is 17.9 Å². The number of rotatable bonds is 8. The normalized spacial score (nSPS) is 10.3. The average Bonchev–Trinajstić information content (AvgIpc) is 2.70. The number of nitrogens with one attached hydrogen (secondary N) is 2. The lowest BCUT2D eigenvalue weighted by Gasteiger charge is -2.12. The summed E-state index contributed by atoms with van der Waals surface area (Å²) < 4.78 is 5.74. The zero-order valence-electron chi connectivity index (χ0n) is 12.8. The van der Waals surface area contributed by atoms with Crippen LogP contribution in [0, 0.1) is 0 Å². The van der Waals surface area contributed by atoms with Crippen LogP contribution in [0.1, 0.15) is 30.4 Å². The van der Waals surface area contributed by atoms with Crippen LogP contribution in [0.15, 0.2) is 24.8 Å². The summed E-state index contributed by atoms with van der Waals surface area (Å²) in [6, 6.07) is 0. The molecule has 0 fully saturated rings. The Bertz CT molecular complexity index is 535. The molecule has 1 rings (SSSR count). The smallest absolute Gasteiger partial charge is 0.263 e. The maximum atomic E-state index is 12.1. The third-order valence-electron chi connectivity index (χ3n) is 2.42. The van der Waals surface area contributed by atoms with Crippen molar-refractivity contribution in [1.29, 1.82) is 0 Å². The van der Waals surface area contributed by atoms with E-state index in [1.165, 1.54) is 11.3 Å². The van der Waals surface area contributed by atoms with Gasteiger partial charge in [-0.1, -0.05) is 18.2 Å². The summed E-state index contributed by atoms with van der Waals surface area (Å²) >= 11 is 1.28. The zero-order valence-corrected chi connectivity index (χ0v) is 13.6. The number of carbonyl (C=O) groups is 1. The number of nitrogen functional groups attached to an aromatic ring is 1. The lowest BCUT2D eigenvalue weighted by Crippen LogP contribution is -2.23. The Morgan fingerprint density at radius 2 is 2.19 bits per heavy atom. The molecule has 0 aliphatic heterocycles. The summed E-state index contributed by atoms with van der Waals surface area (Å²) in [5, 5.41) is 6.67. The van der Waals surface area contributed by atoms with Crippen molar-refractivity contribution in [1.82, 2.24) is 5.32 Å². The molecular formula is C15H23N3O2S. The van der Waals surface area contributed by atoms with Gasteiger partial charge in [0, 0.05) is 13.1 Å². The largest absolute Gasteiger partial charge is 0.486 e. The van der Waals surface area contributed by atoms with Crippen molar-refractivity contribution in [3.63, 3.8) is 0 Å². The van der Waals surface area contributed by atoms with Crippen molar-refractivity contribution in [2.75, 3.05) is 24.1 Å². The summed E-state index contributed by atoms with van der Waals surface area (Å²) in [4.78, 5) is 12.5. The SMILES string of the molecule is C=CCNC(=O)c1sc(NCC(=C)C)c(OC(C)C)c1N. The highest BCUT2D eigenvalue weighted by molar-refractivity contribution is 7.19. The molecule has 0 saturated heterocycles. The molecule has 6 heteroatoms. The van der Waals surface area contributed by atoms with Crippen molar-refractivity contribution in [3.05, 3.63) is 29.7 Å². The first-order valence-corrected chi connectivity index (χ1v) is 7.54. The third-order valence-corrected chi connectivity index (χ3v) is 3.56. The Morgan fingerprint density at radius 1 is 1.52 bits per heavy atom. The van der Waals surface area contributed by atoms with E-state index in [1.54, 1.807) is 6.08 Å². The summed E-state index contributed by atoms with van der Waals surface area (Å²) in [6.45, 7) is 14.2. The van der Waals surface area contributed by atoms with Crippen LogP contribution in [-0.4, -0.2) is 25.1 Å². The van der Waals surface area contributed by atoms with Crippen LogP contribution in [0.2, 0.25) is 0 Å². The van der Waals surface area contributed by atoms with Crippen LogP contribution >= 0.6 is 11.3 Å². The van der Waals surface area contributed by atoms with E-state index in [-0.39, 0.29) is 12.0 Å². The van der Waals surface area contributed by atoms with Crippen molar-refractivity contribution < 1.29 is 9.53 Å². The molecule has 0 bridgehead atoms. The maximum absolute atomic E-state index is 12.1. The molecule has 1 amide bonds. The second-order valence-electron chi connectivity index (χ2n) is 4.98. The third kappa shape index (κ3) is 4.82. The molecule has 4 N–H and O–H groups in total. The number of amides is 1. The molecule has 0 radical (unpaired) electrons. The number of carbonyl (C=O) groups excluding carboxylic acids is 1. The minimum Gasteiger partial charge on any atom is -0.486 e. The molecule has 0 spiro atoms. The Balaban J connectivity index is 3.06. The molecule has 0 atom stereocenters. The number of ether oxygens (including phenoxy) is 1. The summed E-state index contributed by atoms with van der Waals surface area (Å²) in [5.74, 6) is 0.300. The fraction of sp³-hybridized carbons (Fsp3) is 0.400. The zero-order chi connectivity index (χ0) is 16.0. The van der Waals surface area contributed by atoms with Gasteiger partial charge in [0.15, 0.2) is 5.75 Å². The van der Waals surface area contributed by atoms with E-state index >= 15 is 0 Å². The second-order valence-corrected chi connectivity index (χ2v) is 6.00. The Morgan fingerprint density at radius 3 is 2.71 bits per heavy atom. The number of hydrogen-bond acceptors (Lipinski definition) is 5. The minimum absolute atomic E-state index is 0.0311. The van der Waals surface area contributed by atoms with Crippen molar-refractivity contribution in [2.45, 2.75) is 26.9 Å². The predicted molar refractivity (Wildman–Crippen MR) is 90.3 cm³/mol. The van der Waals surface area contributed by atoms with Crippen LogP contribution in [0.25, 0.3) is 0 Å². The Hall–Kier alpha value is -1.95. The van der Waals surface area contributed by atoms with Gasteiger partial charge in [0.05, 0.1) is 6.10 Å². The number of anilines is 2. The van der Waals surface area contributed by atoms with Crippen LogP contribution in [0.5, 0.6) is 5.75 Å². The van der Waals surface area contributed by atoms with E-state index in [4.69, 9.17) is 10.5 Å². The van der Waals surface area contributed by atoms with Gasteiger partial charge in [-0.25, -0.2) is 0 Å². The van der Waals surface area contributed by atoms with Crippen LogP contribution in [0.3, 0.4) is 0 Å². The predicted octanol–water partition coefficient (Wildman–Crippen LogP) is 3.02. The van der Waals surface area contributed by atoms with Gasteiger partial charge in [-0.05, 0) is 20.8 Å². The Kier molecular flexibility index (Phi) is 6.30. The molecule has 0 unspecified atom stereocenters. The van der Waals surface area contributed by atoms with Crippen LogP contribution in [0.4, 0.5) is 10.7 Å². The summed E-state index contributed by atoms with van der Waals surface area (Å²) in [6.07, 6.45) is 1.59. The van der Waals surface area contributed by atoms with Gasteiger partial charge >= 0.3 is 0 Å². The minimum atomic E-state index is -0.227. The van der Waals surface area contributed by atoms with Crippen molar-refractivity contribution in [2.24, 2.45) is 0 Å². The molecule has 21 heavy (non-hydrogen) atoms. The summed E-state index contributed by atoms with van der Waals surface area (Å²) in [5.41, 5.74) is 7.41. The Labute approximate surface area is 129 Å². The van der Waals surface area contributed by atoms with E-state index < -0.39 is 0 Å². The second kappa shape index (κ2) is 7.73. The van der Waals surface area contributed by atoms with E-state index in [9.17, 15) is 4.79 Å². The molecule has 0 aliphatic carbocycles. The fourth-order valence-corrected chi connectivity index (χ4v) is 2.51. The standard InChI is InChI=1S/C15H23N3O2S/c1-6-7-17-14(19)13-11(16)12(20-10(4)5)15(21-13)18-8-9(2)3/h6,10,18H,1-2,7-8,16H2,3-5H3,(H,17,19). The number of nitrogens with two attached hydrogens (primary N) is 1. The van der Waals surface area contributed by atoms with Crippen LogP contribution < -0.4 is 21.1 Å². The monoisotopic (exact) mass is 309 g/mol. The molecule has 5 nitrogen and oxygen atoms in total. The van der Waals surface area contributed by atoms with E-state index in [1.807, 2.05) is 20.8 Å². The van der Waals surface area contributed by atoms with Crippen LogP contribution in [-0.2, 0) is 0 Å². The maximum Gasteiger partial charge on any atom is 0.263 e. The quantitative estimate of drug-likeness (QED) is 0.645. The van der Waals surface area contributed by atoms with Gasteiger partial charge in [-0.2, -0.15) is 0 Å². The average molecular weight is 309 g/mol. The highest BCUT2D eigenvalue weighted by Gasteiger charge is 2.22. The van der Waals surface area contributed by atoms with Gasteiger partial charge in [-0.3, -0.25) is 4.79 Å². The van der Waals surface area contributed by atoms with E-state index in [2.05, 4.69) is 23.8 Å². The van der Waals surface area contributed by atoms with Crippen molar-refractivity contribution in [3.8, 4) is 5.75 Å². The van der Waals surface area contributed by atoms with Crippen molar-refractivity contribution >= 4 is 27.9 Å². The van der Waals surface area contributed by atoms with Gasteiger partial charge in [0.1, 0.15) is 15.6 Å². The first-order valence-electron chi connectivity index (χ1n) is 6.73. The summed E-state index contributed by atoms with van der Waals surface area (Å²) in [7, 11) is 0. The molecule has 1 aromatic rings. The van der Waals surface area contributed by atoms with E-state index in [0.29, 0.717) is 29.4 Å². The molecule has 116 valence electrons. The van der Waals surface area contributed by atoms with Gasteiger partial charge in [0.25, 0.3) is 5.91 Å². The lowest BCUT2D eigenvalue weighted by atomic mass is 10.3. The highest BCUT2D eigenvalue weighted by Crippen LogP contribution is 2.43. The molecule has 0 aromatic carbocycles. The van der Waals surface area contributed by atoms with E-state index in [0.717, 1.165) is 10.6 Å². The molecule has 1 heterocycles. The molecule has 0 saturated carbocycles. The highest BCUT2D eigenvalue weighted by atomic mass is 32.1. The molecule has 1 aromatic heterocycles. The van der Waals surface area contributed by atoms with Gasteiger partial charge in [0.2, 0.25) is 0 Å². The number of thiophene rings is 1. The molecular weight excluding hydrogens is 286 g/mol. The lowest BCUT2D eigenvalue weighted by molar-refractivity contribution is 0.0962. The first-order chi connectivity index (χ1) is 9.86. The van der Waals surface area contributed by atoms with Gasteiger partial charge < -0.3 is 21.1 Å². The topological polar surface area (TPSA) is 76.4 Å². The molecule has 0 aliphatic rings. The first kappa shape index (κ1) is 17.1.